The Morgan fingerprint density at radius 2 is 2.36 bits per heavy atom. The second-order valence-corrected chi connectivity index (χ2v) is 3.79. The summed E-state index contributed by atoms with van der Waals surface area (Å²) in [5.41, 5.74) is 3.16. The zero-order valence-corrected chi connectivity index (χ0v) is 8.03. The van der Waals surface area contributed by atoms with Gasteiger partial charge >= 0.3 is 0 Å². The number of thiazole rings is 1. The largest absolute Gasteiger partial charge is 0.315 e. The van der Waals surface area contributed by atoms with Crippen molar-refractivity contribution in [2.75, 3.05) is 7.05 Å². The van der Waals surface area contributed by atoms with Crippen LogP contribution in [0, 0.1) is 0 Å². The van der Waals surface area contributed by atoms with Crippen LogP contribution in [0.4, 0.5) is 0 Å². The topological polar surface area (TPSA) is 24.9 Å². The van der Waals surface area contributed by atoms with E-state index in [-0.39, 0.29) is 0 Å². The first-order valence-corrected chi connectivity index (χ1v) is 4.70. The molecule has 0 radical (unpaired) electrons. The molecule has 1 rings (SSSR count). The molecular formula is C8H14N2S. The Bertz CT molecular complexity index is 218. The minimum absolute atomic E-state index is 0.546. The monoisotopic (exact) mass is 170 g/mol. The van der Waals surface area contributed by atoms with E-state index in [4.69, 9.17) is 0 Å². The lowest BCUT2D eigenvalue weighted by Crippen LogP contribution is -2.06. The van der Waals surface area contributed by atoms with E-state index < -0.39 is 0 Å². The number of nitrogens with zero attached hydrogens (tertiary/aromatic N) is 1. The van der Waals surface area contributed by atoms with Crippen LogP contribution >= 0.6 is 11.3 Å². The van der Waals surface area contributed by atoms with Gasteiger partial charge in [-0.15, -0.1) is 11.3 Å². The molecule has 1 N–H and O–H groups in total. The van der Waals surface area contributed by atoms with Crippen molar-refractivity contribution in [3.05, 3.63) is 16.1 Å². The average molecular weight is 170 g/mol. The third kappa shape index (κ3) is 2.01. The molecule has 2 nitrogen and oxygen atoms in total. The van der Waals surface area contributed by atoms with E-state index in [0.717, 1.165) is 6.54 Å². The second kappa shape index (κ2) is 3.83. The summed E-state index contributed by atoms with van der Waals surface area (Å²) in [4.78, 5) is 5.68. The smallest absolute Gasteiger partial charge is 0.0798 e. The zero-order valence-electron chi connectivity index (χ0n) is 7.22. The summed E-state index contributed by atoms with van der Waals surface area (Å²) in [6.45, 7) is 5.29. The molecule has 0 unspecified atom stereocenters. The molecular weight excluding hydrogens is 156 g/mol. The molecule has 1 heterocycles. The Labute approximate surface area is 71.7 Å². The maximum Gasteiger partial charge on any atom is 0.0798 e. The number of aromatic nitrogens is 1. The highest BCUT2D eigenvalue weighted by atomic mass is 32.1. The molecule has 0 bridgehead atoms. The van der Waals surface area contributed by atoms with Crippen LogP contribution in [0.25, 0.3) is 0 Å². The van der Waals surface area contributed by atoms with E-state index in [1.54, 1.807) is 11.3 Å². The van der Waals surface area contributed by atoms with Gasteiger partial charge in [0.05, 0.1) is 11.2 Å². The summed E-state index contributed by atoms with van der Waals surface area (Å²) in [5.74, 6) is 0.546. The number of rotatable bonds is 3. The Morgan fingerprint density at radius 3 is 2.91 bits per heavy atom. The molecule has 1 aromatic rings. The fourth-order valence-electron chi connectivity index (χ4n) is 1.04. The lowest BCUT2D eigenvalue weighted by atomic mass is 10.1. The van der Waals surface area contributed by atoms with Crippen molar-refractivity contribution in [1.82, 2.24) is 10.3 Å². The van der Waals surface area contributed by atoms with Crippen molar-refractivity contribution in [3.63, 3.8) is 0 Å². The normalized spacial score (nSPS) is 10.9. The first kappa shape index (κ1) is 8.68. The molecule has 0 spiro atoms. The average Bonchev–Trinajstić information content (AvgIpc) is 2.36. The van der Waals surface area contributed by atoms with Crippen molar-refractivity contribution in [2.45, 2.75) is 26.3 Å². The van der Waals surface area contributed by atoms with Gasteiger partial charge in [0.2, 0.25) is 0 Å². The molecule has 3 heteroatoms. The van der Waals surface area contributed by atoms with Gasteiger partial charge in [0.25, 0.3) is 0 Å². The minimum Gasteiger partial charge on any atom is -0.315 e. The van der Waals surface area contributed by atoms with E-state index in [2.05, 4.69) is 24.1 Å². The number of hydrogen-bond donors (Lipinski definition) is 1. The number of nitrogens with one attached hydrogen (secondary N) is 1. The number of hydrogen-bond acceptors (Lipinski definition) is 3. The zero-order chi connectivity index (χ0) is 8.27. The molecule has 0 amide bonds. The van der Waals surface area contributed by atoms with Gasteiger partial charge in [0.15, 0.2) is 0 Å². The van der Waals surface area contributed by atoms with Crippen LogP contribution in [0.5, 0.6) is 0 Å². The van der Waals surface area contributed by atoms with Gasteiger partial charge in [-0.2, -0.15) is 0 Å². The molecule has 11 heavy (non-hydrogen) atoms. The van der Waals surface area contributed by atoms with E-state index in [0.29, 0.717) is 5.92 Å². The molecule has 0 atom stereocenters. The summed E-state index contributed by atoms with van der Waals surface area (Å²) in [6, 6.07) is 0. The Kier molecular flexibility index (Phi) is 3.02. The van der Waals surface area contributed by atoms with Gasteiger partial charge in [0.1, 0.15) is 0 Å². The Hall–Kier alpha value is -0.410. The minimum atomic E-state index is 0.546. The molecule has 0 saturated carbocycles. The lowest BCUT2D eigenvalue weighted by Gasteiger charge is -2.03. The summed E-state index contributed by atoms with van der Waals surface area (Å²) in [5, 5.41) is 3.14. The first-order chi connectivity index (χ1) is 5.25. The maximum absolute atomic E-state index is 4.31. The quantitative estimate of drug-likeness (QED) is 0.750. The fourth-order valence-corrected chi connectivity index (χ4v) is 1.97. The predicted octanol–water partition coefficient (Wildman–Crippen LogP) is 1.99. The van der Waals surface area contributed by atoms with Crippen LogP contribution in [-0.2, 0) is 6.54 Å². The summed E-state index contributed by atoms with van der Waals surface area (Å²) >= 11 is 1.73. The predicted molar refractivity (Wildman–Crippen MR) is 49.0 cm³/mol. The van der Waals surface area contributed by atoms with Gasteiger partial charge < -0.3 is 5.32 Å². The molecule has 0 aliphatic carbocycles. The van der Waals surface area contributed by atoms with Crippen molar-refractivity contribution in [1.29, 1.82) is 0 Å². The third-order valence-corrected chi connectivity index (χ3v) is 2.41. The van der Waals surface area contributed by atoms with Gasteiger partial charge in [-0.1, -0.05) is 13.8 Å². The highest BCUT2D eigenvalue weighted by Crippen LogP contribution is 2.20. The highest BCUT2D eigenvalue weighted by molar-refractivity contribution is 7.09. The van der Waals surface area contributed by atoms with Crippen LogP contribution in [-0.4, -0.2) is 12.0 Å². The van der Waals surface area contributed by atoms with Crippen LogP contribution in [0.3, 0.4) is 0 Å². The Balaban J connectivity index is 2.78. The summed E-state index contributed by atoms with van der Waals surface area (Å²) in [7, 11) is 1.96. The van der Waals surface area contributed by atoms with Crippen LogP contribution in [0.2, 0.25) is 0 Å². The summed E-state index contributed by atoms with van der Waals surface area (Å²) < 4.78 is 0. The molecule has 1 aromatic heterocycles. The van der Waals surface area contributed by atoms with Gasteiger partial charge in [0, 0.05) is 11.4 Å². The Morgan fingerprint density at radius 1 is 1.64 bits per heavy atom. The van der Waals surface area contributed by atoms with Gasteiger partial charge in [-0.3, -0.25) is 0 Å². The van der Waals surface area contributed by atoms with Crippen LogP contribution in [0.15, 0.2) is 5.51 Å². The van der Waals surface area contributed by atoms with E-state index in [1.165, 1.54) is 10.6 Å². The molecule has 0 aliphatic heterocycles. The summed E-state index contributed by atoms with van der Waals surface area (Å²) in [6.07, 6.45) is 0. The standard InChI is InChI=1S/C8H14N2S/c1-6(2)8-7(4-9-3)11-5-10-8/h5-6,9H,4H2,1-3H3. The van der Waals surface area contributed by atoms with Crippen molar-refractivity contribution >= 4 is 11.3 Å². The third-order valence-electron chi connectivity index (χ3n) is 1.56. The van der Waals surface area contributed by atoms with E-state index in [1.807, 2.05) is 12.6 Å². The fraction of sp³-hybridized carbons (Fsp3) is 0.625. The van der Waals surface area contributed by atoms with E-state index >= 15 is 0 Å². The maximum atomic E-state index is 4.31. The first-order valence-electron chi connectivity index (χ1n) is 3.82. The molecule has 0 saturated heterocycles. The SMILES string of the molecule is CNCc1scnc1C(C)C. The van der Waals surface area contributed by atoms with Gasteiger partial charge in [-0.05, 0) is 13.0 Å². The lowest BCUT2D eigenvalue weighted by molar-refractivity contribution is 0.771. The van der Waals surface area contributed by atoms with E-state index in [9.17, 15) is 0 Å². The van der Waals surface area contributed by atoms with Gasteiger partial charge in [-0.25, -0.2) is 4.98 Å². The highest BCUT2D eigenvalue weighted by Gasteiger charge is 2.07. The van der Waals surface area contributed by atoms with Crippen LogP contribution in [0.1, 0.15) is 30.3 Å². The van der Waals surface area contributed by atoms with Crippen molar-refractivity contribution < 1.29 is 0 Å². The second-order valence-electron chi connectivity index (χ2n) is 2.85. The van der Waals surface area contributed by atoms with Crippen molar-refractivity contribution in [3.8, 4) is 0 Å². The van der Waals surface area contributed by atoms with Crippen LogP contribution < -0.4 is 5.32 Å². The molecule has 0 aromatic carbocycles. The molecule has 62 valence electrons. The van der Waals surface area contributed by atoms with Crippen molar-refractivity contribution in [2.24, 2.45) is 0 Å². The molecule has 0 fully saturated rings. The molecule has 0 aliphatic rings.